The Bertz CT molecular complexity index is 681. The summed E-state index contributed by atoms with van der Waals surface area (Å²) in [5.41, 5.74) is 5.64. The fourth-order valence-corrected chi connectivity index (χ4v) is 1.90. The molecular weight excluding hydrogens is 281 g/mol. The second kappa shape index (κ2) is 5.47. The van der Waals surface area contributed by atoms with Crippen molar-refractivity contribution >= 4 is 17.3 Å². The molecule has 21 heavy (non-hydrogen) atoms. The van der Waals surface area contributed by atoms with E-state index in [9.17, 15) is 18.0 Å². The Balaban J connectivity index is 2.35. The Kier molecular flexibility index (Phi) is 3.88. The van der Waals surface area contributed by atoms with Crippen molar-refractivity contribution in [2.75, 3.05) is 11.1 Å². The number of anilines is 2. The van der Waals surface area contributed by atoms with Crippen LogP contribution in [0.4, 0.5) is 24.5 Å². The third-order valence-corrected chi connectivity index (χ3v) is 2.93. The van der Waals surface area contributed by atoms with Gasteiger partial charge in [0.15, 0.2) is 0 Å². The predicted molar refractivity (Wildman–Crippen MR) is 75.0 cm³/mol. The Morgan fingerprint density at radius 3 is 2.48 bits per heavy atom. The van der Waals surface area contributed by atoms with Crippen LogP contribution in [0.5, 0.6) is 0 Å². The molecule has 0 saturated carbocycles. The molecule has 0 atom stereocenters. The molecule has 2 rings (SSSR count). The molecule has 0 radical (unpaired) electrons. The van der Waals surface area contributed by atoms with Crippen molar-refractivity contribution in [3.8, 4) is 0 Å². The van der Waals surface area contributed by atoms with E-state index in [1.807, 2.05) is 0 Å². The van der Waals surface area contributed by atoms with Crippen LogP contribution in [0.15, 0.2) is 42.5 Å². The number of alkyl halides is 3. The fourth-order valence-electron chi connectivity index (χ4n) is 1.90. The first-order valence-corrected chi connectivity index (χ1v) is 6.13. The Hall–Kier alpha value is -2.50. The van der Waals surface area contributed by atoms with Gasteiger partial charge in [-0.1, -0.05) is 23.8 Å². The zero-order valence-corrected chi connectivity index (χ0v) is 11.2. The summed E-state index contributed by atoms with van der Waals surface area (Å²) in [4.78, 5) is 12.1. The van der Waals surface area contributed by atoms with Crippen LogP contribution in [-0.4, -0.2) is 5.91 Å². The van der Waals surface area contributed by atoms with E-state index in [-0.39, 0.29) is 16.9 Å². The fraction of sp³-hybridized carbons (Fsp3) is 0.133. The summed E-state index contributed by atoms with van der Waals surface area (Å²) in [5, 5.41) is 2.26. The molecule has 0 heterocycles. The molecule has 2 aromatic rings. The summed E-state index contributed by atoms with van der Waals surface area (Å²) in [6.45, 7) is 1.76. The van der Waals surface area contributed by atoms with Crippen molar-refractivity contribution in [3.05, 3.63) is 59.2 Å². The van der Waals surface area contributed by atoms with Gasteiger partial charge >= 0.3 is 6.18 Å². The summed E-state index contributed by atoms with van der Waals surface area (Å²) in [6.07, 6.45) is -4.54. The van der Waals surface area contributed by atoms with Gasteiger partial charge in [0.2, 0.25) is 0 Å². The zero-order valence-electron chi connectivity index (χ0n) is 11.2. The van der Waals surface area contributed by atoms with Gasteiger partial charge in [-0.25, -0.2) is 0 Å². The number of hydrogen-bond acceptors (Lipinski definition) is 2. The molecule has 0 aliphatic heterocycles. The first-order chi connectivity index (χ1) is 9.79. The SMILES string of the molecule is Cc1ccc(N)c(C(=O)Nc2ccccc2C(F)(F)F)c1. The number of nitrogen functional groups attached to an aromatic ring is 1. The van der Waals surface area contributed by atoms with Crippen LogP contribution >= 0.6 is 0 Å². The highest BCUT2D eigenvalue weighted by molar-refractivity contribution is 6.08. The lowest BCUT2D eigenvalue weighted by molar-refractivity contribution is -0.136. The summed E-state index contributed by atoms with van der Waals surface area (Å²) < 4.78 is 38.6. The second-order valence-electron chi connectivity index (χ2n) is 4.59. The molecule has 3 N–H and O–H groups in total. The topological polar surface area (TPSA) is 55.1 Å². The molecule has 2 aromatic carbocycles. The number of hydrogen-bond donors (Lipinski definition) is 2. The van der Waals surface area contributed by atoms with E-state index >= 15 is 0 Å². The van der Waals surface area contributed by atoms with Crippen molar-refractivity contribution in [1.82, 2.24) is 0 Å². The van der Waals surface area contributed by atoms with Gasteiger partial charge in [-0.05, 0) is 31.2 Å². The molecule has 0 aliphatic carbocycles. The van der Waals surface area contributed by atoms with E-state index in [0.29, 0.717) is 0 Å². The quantitative estimate of drug-likeness (QED) is 0.827. The summed E-state index contributed by atoms with van der Waals surface area (Å²) in [7, 11) is 0. The number of carbonyl (C=O) groups is 1. The zero-order chi connectivity index (χ0) is 15.6. The third kappa shape index (κ3) is 3.34. The first-order valence-electron chi connectivity index (χ1n) is 6.13. The molecule has 0 fully saturated rings. The van der Waals surface area contributed by atoms with Gasteiger partial charge in [0.05, 0.1) is 16.8 Å². The number of benzene rings is 2. The van der Waals surface area contributed by atoms with Crippen molar-refractivity contribution in [1.29, 1.82) is 0 Å². The molecule has 0 aromatic heterocycles. The van der Waals surface area contributed by atoms with E-state index in [0.717, 1.165) is 11.6 Å². The van der Waals surface area contributed by atoms with Gasteiger partial charge in [0.25, 0.3) is 5.91 Å². The van der Waals surface area contributed by atoms with E-state index in [1.54, 1.807) is 19.1 Å². The summed E-state index contributed by atoms with van der Waals surface area (Å²) in [5.74, 6) is -0.673. The minimum atomic E-state index is -4.54. The molecule has 0 bridgehead atoms. The van der Waals surface area contributed by atoms with Crippen LogP contribution in [0.3, 0.4) is 0 Å². The average Bonchev–Trinajstić information content (AvgIpc) is 2.41. The van der Waals surface area contributed by atoms with Gasteiger partial charge in [-0.15, -0.1) is 0 Å². The Morgan fingerprint density at radius 2 is 1.81 bits per heavy atom. The van der Waals surface area contributed by atoms with Crippen molar-refractivity contribution in [3.63, 3.8) is 0 Å². The molecule has 1 amide bonds. The lowest BCUT2D eigenvalue weighted by atomic mass is 10.1. The second-order valence-corrected chi connectivity index (χ2v) is 4.59. The van der Waals surface area contributed by atoms with Crippen molar-refractivity contribution in [2.24, 2.45) is 0 Å². The minimum absolute atomic E-state index is 0.145. The minimum Gasteiger partial charge on any atom is -0.398 e. The molecule has 0 unspecified atom stereocenters. The van der Waals surface area contributed by atoms with Gasteiger partial charge in [-0.2, -0.15) is 13.2 Å². The van der Waals surface area contributed by atoms with Crippen LogP contribution < -0.4 is 11.1 Å². The van der Waals surface area contributed by atoms with Crippen molar-refractivity contribution in [2.45, 2.75) is 13.1 Å². The van der Waals surface area contributed by atoms with Crippen molar-refractivity contribution < 1.29 is 18.0 Å². The van der Waals surface area contributed by atoms with Gasteiger partial charge in [0.1, 0.15) is 0 Å². The monoisotopic (exact) mass is 294 g/mol. The number of carbonyl (C=O) groups excluding carboxylic acids is 1. The summed E-state index contributed by atoms with van der Waals surface area (Å²) >= 11 is 0. The maximum absolute atomic E-state index is 12.9. The highest BCUT2D eigenvalue weighted by Gasteiger charge is 2.33. The van der Waals surface area contributed by atoms with Crippen LogP contribution in [-0.2, 0) is 6.18 Å². The van der Waals surface area contributed by atoms with Crippen LogP contribution in [0.1, 0.15) is 21.5 Å². The van der Waals surface area contributed by atoms with E-state index in [1.165, 1.54) is 24.3 Å². The summed E-state index contributed by atoms with van der Waals surface area (Å²) in [6, 6.07) is 9.59. The maximum Gasteiger partial charge on any atom is 0.418 e. The molecule has 0 spiro atoms. The highest BCUT2D eigenvalue weighted by atomic mass is 19.4. The van der Waals surface area contributed by atoms with E-state index in [4.69, 9.17) is 5.73 Å². The number of amides is 1. The van der Waals surface area contributed by atoms with Crippen LogP contribution in [0.2, 0.25) is 0 Å². The Morgan fingerprint density at radius 1 is 1.14 bits per heavy atom. The molecular formula is C15H13F3N2O. The first kappa shape index (κ1) is 14.9. The average molecular weight is 294 g/mol. The van der Waals surface area contributed by atoms with E-state index < -0.39 is 17.6 Å². The lowest BCUT2D eigenvalue weighted by Crippen LogP contribution is -2.17. The van der Waals surface area contributed by atoms with Crippen LogP contribution in [0.25, 0.3) is 0 Å². The number of para-hydroxylation sites is 1. The molecule has 3 nitrogen and oxygen atoms in total. The highest BCUT2D eigenvalue weighted by Crippen LogP contribution is 2.34. The van der Waals surface area contributed by atoms with Gasteiger partial charge < -0.3 is 11.1 Å². The number of aryl methyl sites for hydroxylation is 1. The standard InChI is InChI=1S/C15H13F3N2O/c1-9-6-7-12(19)10(8-9)14(21)20-13-5-3-2-4-11(13)15(16,17)18/h2-8H,19H2,1H3,(H,20,21). The molecule has 110 valence electrons. The Labute approximate surface area is 119 Å². The van der Waals surface area contributed by atoms with Gasteiger partial charge in [-0.3, -0.25) is 4.79 Å². The number of nitrogens with one attached hydrogen (secondary N) is 1. The largest absolute Gasteiger partial charge is 0.418 e. The van der Waals surface area contributed by atoms with Crippen LogP contribution in [0, 0.1) is 6.92 Å². The maximum atomic E-state index is 12.9. The molecule has 6 heteroatoms. The number of rotatable bonds is 2. The number of nitrogens with two attached hydrogens (primary N) is 1. The molecule has 0 saturated heterocycles. The third-order valence-electron chi connectivity index (χ3n) is 2.93. The lowest BCUT2D eigenvalue weighted by Gasteiger charge is -2.14. The molecule has 0 aliphatic rings. The van der Waals surface area contributed by atoms with Gasteiger partial charge in [0, 0.05) is 5.69 Å². The smallest absolute Gasteiger partial charge is 0.398 e. The number of halogens is 3. The van der Waals surface area contributed by atoms with E-state index in [2.05, 4.69) is 5.32 Å². The normalized spacial score (nSPS) is 11.2. The predicted octanol–water partition coefficient (Wildman–Crippen LogP) is 3.85.